The van der Waals surface area contributed by atoms with Crippen LogP contribution in [0.25, 0.3) is 0 Å². The van der Waals surface area contributed by atoms with Gasteiger partial charge in [0.25, 0.3) is 8.32 Å². The molecule has 1 saturated carbocycles. The summed E-state index contributed by atoms with van der Waals surface area (Å²) >= 11 is 0. The molecule has 5 nitrogen and oxygen atoms in total. The van der Waals surface area contributed by atoms with Crippen LogP contribution in [0.3, 0.4) is 0 Å². The fourth-order valence-corrected chi connectivity index (χ4v) is 11.8. The molecule has 44 heavy (non-hydrogen) atoms. The predicted molar refractivity (Wildman–Crippen MR) is 176 cm³/mol. The Balaban J connectivity index is 1.71. The van der Waals surface area contributed by atoms with Gasteiger partial charge in [-0.25, -0.2) is 4.39 Å². The number of esters is 1. The zero-order valence-electron chi connectivity index (χ0n) is 26.4. The van der Waals surface area contributed by atoms with Crippen molar-refractivity contribution in [1.29, 1.82) is 0 Å². The van der Waals surface area contributed by atoms with Crippen LogP contribution < -0.4 is 10.4 Å². The molecule has 0 bridgehead atoms. The number of hydrogen-bond acceptors (Lipinski definition) is 5. The number of ether oxygens (including phenoxy) is 1. The van der Waals surface area contributed by atoms with E-state index in [0.717, 1.165) is 12.0 Å². The molecule has 3 aromatic carbocycles. The summed E-state index contributed by atoms with van der Waals surface area (Å²) in [5, 5.41) is 24.8. The molecule has 1 aliphatic rings. The van der Waals surface area contributed by atoms with Gasteiger partial charge in [-0.05, 0) is 64.7 Å². The van der Waals surface area contributed by atoms with Crippen LogP contribution in [0.4, 0.5) is 4.39 Å². The van der Waals surface area contributed by atoms with Gasteiger partial charge in [0.15, 0.2) is 0 Å². The van der Waals surface area contributed by atoms with Gasteiger partial charge in [-0.3, -0.25) is 4.79 Å². The lowest BCUT2D eigenvalue weighted by atomic mass is 9.69. The predicted octanol–water partition coefficient (Wildman–Crippen LogP) is 5.92. The van der Waals surface area contributed by atoms with Crippen LogP contribution >= 0.6 is 0 Å². The summed E-state index contributed by atoms with van der Waals surface area (Å²) < 4.78 is 26.0. The molecule has 0 aromatic heterocycles. The molecule has 7 heteroatoms. The average molecular weight is 619 g/mol. The first kappa shape index (κ1) is 33.8. The normalized spacial score (nSPS) is 22.4. The molecule has 4 rings (SSSR count). The smallest absolute Gasteiger partial charge is 0.305 e. The third kappa shape index (κ3) is 7.07. The van der Waals surface area contributed by atoms with E-state index in [-0.39, 0.29) is 35.3 Å². The fraction of sp³-hybridized carbons (Fsp3) is 0.432. The summed E-state index contributed by atoms with van der Waals surface area (Å²) in [5.74, 6) is -1.00. The van der Waals surface area contributed by atoms with E-state index in [1.165, 1.54) is 29.6 Å². The number of rotatable bonds is 13. The monoisotopic (exact) mass is 618 g/mol. The van der Waals surface area contributed by atoms with E-state index in [4.69, 9.17) is 9.16 Å². The molecule has 1 fully saturated rings. The van der Waals surface area contributed by atoms with Crippen molar-refractivity contribution in [3.8, 4) is 0 Å². The Morgan fingerprint density at radius 1 is 0.977 bits per heavy atom. The fourth-order valence-electron chi connectivity index (χ4n) is 7.18. The minimum absolute atomic E-state index is 0.164. The van der Waals surface area contributed by atoms with Crippen molar-refractivity contribution in [1.82, 2.24) is 0 Å². The van der Waals surface area contributed by atoms with Gasteiger partial charge in [-0.15, -0.1) is 0 Å². The summed E-state index contributed by atoms with van der Waals surface area (Å²) in [7, 11) is -1.48. The molecule has 0 unspecified atom stereocenters. The Morgan fingerprint density at radius 2 is 1.57 bits per heavy atom. The van der Waals surface area contributed by atoms with Crippen LogP contribution in [0.5, 0.6) is 0 Å². The minimum Gasteiger partial charge on any atom is -0.469 e. The number of hydrogen-bond donors (Lipinski definition) is 2. The molecule has 236 valence electrons. The summed E-state index contributed by atoms with van der Waals surface area (Å²) in [4.78, 5) is 11.5. The Bertz CT molecular complexity index is 1320. The molecule has 3 aromatic rings. The average Bonchev–Trinajstić information content (AvgIpc) is 3.30. The van der Waals surface area contributed by atoms with Crippen LogP contribution in [0.2, 0.25) is 5.04 Å². The highest BCUT2D eigenvalue weighted by Gasteiger charge is 2.56. The van der Waals surface area contributed by atoms with Gasteiger partial charge in [0.05, 0.1) is 19.8 Å². The van der Waals surface area contributed by atoms with E-state index in [1.54, 1.807) is 12.1 Å². The first-order chi connectivity index (χ1) is 21.1. The van der Waals surface area contributed by atoms with Gasteiger partial charge in [0.1, 0.15) is 5.82 Å². The highest BCUT2D eigenvalue weighted by molar-refractivity contribution is 6.99. The van der Waals surface area contributed by atoms with Gasteiger partial charge in [-0.1, -0.05) is 106 Å². The molecule has 0 heterocycles. The van der Waals surface area contributed by atoms with E-state index in [9.17, 15) is 19.4 Å². The van der Waals surface area contributed by atoms with Crippen LogP contribution in [0.15, 0.2) is 97.1 Å². The lowest BCUT2D eigenvalue weighted by Gasteiger charge is -2.44. The van der Waals surface area contributed by atoms with E-state index in [2.05, 4.69) is 81.5 Å². The number of aliphatic hydroxyl groups excluding tert-OH is 2. The molecule has 0 spiro atoms. The molecule has 2 N–H and O–H groups in total. The Morgan fingerprint density at radius 3 is 2.09 bits per heavy atom. The van der Waals surface area contributed by atoms with Crippen LogP contribution in [-0.2, 0) is 19.4 Å². The first-order valence-electron chi connectivity index (χ1n) is 15.6. The van der Waals surface area contributed by atoms with Crippen LogP contribution in [-0.4, -0.2) is 50.9 Å². The van der Waals surface area contributed by atoms with Crippen molar-refractivity contribution >= 4 is 24.7 Å². The molecule has 0 amide bonds. The third-order valence-electron chi connectivity index (χ3n) is 9.44. The second-order valence-electron chi connectivity index (χ2n) is 13.0. The Labute approximate surface area is 262 Å². The van der Waals surface area contributed by atoms with Gasteiger partial charge < -0.3 is 19.4 Å². The van der Waals surface area contributed by atoms with E-state index in [0.29, 0.717) is 32.3 Å². The molecule has 0 saturated heterocycles. The molecular formula is C37H47FO5Si. The van der Waals surface area contributed by atoms with Crippen LogP contribution in [0, 0.1) is 17.7 Å². The lowest BCUT2D eigenvalue weighted by molar-refractivity contribution is -0.140. The minimum atomic E-state index is -2.87. The Hall–Kier alpha value is -3.10. The maximum absolute atomic E-state index is 14.0. The highest BCUT2D eigenvalue weighted by Crippen LogP contribution is 2.51. The van der Waals surface area contributed by atoms with Crippen molar-refractivity contribution in [3.05, 3.63) is 108 Å². The number of unbranched alkanes of at least 4 members (excludes halogenated alkanes) is 1. The quantitative estimate of drug-likeness (QED) is 0.108. The van der Waals surface area contributed by atoms with E-state index >= 15 is 0 Å². The topological polar surface area (TPSA) is 76.0 Å². The SMILES string of the molecule is COC(=O)CCC/C=C\C[C@@H]1[C@@H](CO[Si](c2ccccc2)(c2ccccc2)C(C)(C)C)[C@H](O)C[C@@]1(CO)c1ccc(F)cc1. The van der Waals surface area contributed by atoms with E-state index < -0.39 is 19.8 Å². The number of halogens is 1. The van der Waals surface area contributed by atoms with Crippen LogP contribution in [0.1, 0.15) is 58.4 Å². The number of carbonyl (C=O) groups is 1. The van der Waals surface area contributed by atoms with Crippen molar-refractivity contribution in [2.24, 2.45) is 11.8 Å². The van der Waals surface area contributed by atoms with E-state index in [1.807, 2.05) is 12.1 Å². The largest absolute Gasteiger partial charge is 0.469 e. The summed E-state index contributed by atoms with van der Waals surface area (Å²) in [6.45, 7) is 6.84. The summed E-state index contributed by atoms with van der Waals surface area (Å²) in [6.07, 6.45) is 6.13. The zero-order chi connectivity index (χ0) is 31.8. The lowest BCUT2D eigenvalue weighted by Crippen LogP contribution is -2.67. The zero-order valence-corrected chi connectivity index (χ0v) is 27.4. The first-order valence-corrected chi connectivity index (χ1v) is 17.5. The van der Waals surface area contributed by atoms with Crippen molar-refractivity contribution in [3.63, 3.8) is 0 Å². The molecule has 0 aliphatic heterocycles. The van der Waals surface area contributed by atoms with Crippen molar-refractivity contribution < 1.29 is 28.6 Å². The van der Waals surface area contributed by atoms with Crippen molar-refractivity contribution in [2.45, 2.75) is 69.4 Å². The van der Waals surface area contributed by atoms with Gasteiger partial charge in [0.2, 0.25) is 0 Å². The molecule has 1 aliphatic carbocycles. The van der Waals surface area contributed by atoms with Gasteiger partial charge in [0, 0.05) is 24.4 Å². The second kappa shape index (κ2) is 14.8. The highest BCUT2D eigenvalue weighted by atomic mass is 28.4. The second-order valence-corrected chi connectivity index (χ2v) is 17.3. The molecule has 0 radical (unpaired) electrons. The van der Waals surface area contributed by atoms with Gasteiger partial charge in [-0.2, -0.15) is 0 Å². The number of allylic oxidation sites excluding steroid dienone is 2. The van der Waals surface area contributed by atoms with Gasteiger partial charge >= 0.3 is 5.97 Å². The Kier molecular flexibility index (Phi) is 11.4. The third-order valence-corrected chi connectivity index (χ3v) is 14.4. The maximum Gasteiger partial charge on any atom is 0.305 e. The number of benzene rings is 3. The number of methoxy groups -OCH3 is 1. The summed E-state index contributed by atoms with van der Waals surface area (Å²) in [5.41, 5.74) is 0.0561. The number of aliphatic hydroxyl groups is 2. The van der Waals surface area contributed by atoms with Crippen molar-refractivity contribution in [2.75, 3.05) is 20.3 Å². The summed E-state index contributed by atoms with van der Waals surface area (Å²) in [6, 6.07) is 27.2. The molecular weight excluding hydrogens is 571 g/mol. The number of carbonyl (C=O) groups excluding carboxylic acids is 1. The molecule has 4 atom stereocenters. The maximum atomic E-state index is 14.0. The standard InChI is InChI=1S/C37H47FO5Si/c1-36(2,3)44(30-15-9-7-10-16-30,31-17-11-8-12-18-31)43-26-32-33(19-13-5-6-14-20-35(41)42-4)37(27-39,25-34(32)40)28-21-23-29(38)24-22-28/h5,7-13,15-18,21-24,32-34,39-40H,6,14,19-20,25-27H2,1-4H3/b13-5-/t32-,33-,34-,37-/m1/s1.